The maximum atomic E-state index is 5.15. The first-order chi connectivity index (χ1) is 5.70. The highest BCUT2D eigenvalue weighted by Crippen LogP contribution is 2.04. The zero-order valence-corrected chi connectivity index (χ0v) is 7.93. The summed E-state index contributed by atoms with van der Waals surface area (Å²) in [5, 5.41) is 0. The molecule has 0 spiro atoms. The number of hydrogen-bond acceptors (Lipinski definition) is 0. The van der Waals surface area contributed by atoms with E-state index in [2.05, 4.69) is 31.6 Å². The summed E-state index contributed by atoms with van der Waals surface area (Å²) >= 11 is 0. The zero-order chi connectivity index (χ0) is 9.40. The van der Waals surface area contributed by atoms with Crippen LogP contribution in [0.15, 0.2) is 36.0 Å². The molecule has 12 heavy (non-hydrogen) atoms. The first-order valence-electron chi connectivity index (χ1n) is 4.10. The normalized spacial score (nSPS) is 12.4. The predicted octanol–water partition coefficient (Wildman–Crippen LogP) is 3.48. The average molecular weight is 160 g/mol. The molecule has 0 atom stereocenters. The fourth-order valence-electron chi connectivity index (χ4n) is 0.694. The zero-order valence-electron chi connectivity index (χ0n) is 7.93. The molecule has 0 aromatic rings. The molecule has 0 rings (SSSR count). The molecule has 0 amide bonds. The third-order valence-corrected chi connectivity index (χ3v) is 1.62. The van der Waals surface area contributed by atoms with E-state index in [4.69, 9.17) is 6.42 Å². The van der Waals surface area contributed by atoms with Gasteiger partial charge in [0.25, 0.3) is 0 Å². The van der Waals surface area contributed by atoms with Gasteiger partial charge in [-0.1, -0.05) is 36.0 Å². The topological polar surface area (TPSA) is 0 Å². The number of rotatable bonds is 4. The Labute approximate surface area is 75.7 Å². The van der Waals surface area contributed by atoms with Crippen LogP contribution in [0.4, 0.5) is 0 Å². The molecule has 64 valence electrons. The van der Waals surface area contributed by atoms with Crippen LogP contribution in [0.1, 0.15) is 26.7 Å². The Morgan fingerprint density at radius 3 is 2.58 bits per heavy atom. The smallest absolute Gasteiger partial charge is 0.0123 e. The van der Waals surface area contributed by atoms with Gasteiger partial charge in [0, 0.05) is 6.42 Å². The summed E-state index contributed by atoms with van der Waals surface area (Å²) in [4.78, 5) is 0. The van der Waals surface area contributed by atoms with Gasteiger partial charge in [0.15, 0.2) is 0 Å². The Hall–Kier alpha value is -1.22. The molecule has 0 aromatic carbocycles. The lowest BCUT2D eigenvalue weighted by atomic mass is 10.1. The lowest BCUT2D eigenvalue weighted by Gasteiger charge is -1.94. The average Bonchev–Trinajstić information content (AvgIpc) is 2.10. The summed E-state index contributed by atoms with van der Waals surface area (Å²) < 4.78 is 0. The van der Waals surface area contributed by atoms with E-state index in [1.807, 2.05) is 13.0 Å². The van der Waals surface area contributed by atoms with E-state index < -0.39 is 0 Å². The van der Waals surface area contributed by atoms with E-state index in [1.54, 1.807) is 0 Å². The quantitative estimate of drug-likeness (QED) is 0.436. The Bertz CT molecular complexity index is 233. The molecule has 0 heterocycles. The minimum absolute atomic E-state index is 0.823. The Morgan fingerprint density at radius 1 is 1.42 bits per heavy atom. The van der Waals surface area contributed by atoms with Crippen LogP contribution in [-0.4, -0.2) is 0 Å². The Kier molecular flexibility index (Phi) is 5.83. The summed E-state index contributed by atoms with van der Waals surface area (Å²) in [5.74, 6) is 2.62. The summed E-state index contributed by atoms with van der Waals surface area (Å²) in [7, 11) is 0. The molecule has 0 heteroatoms. The highest BCUT2D eigenvalue weighted by molar-refractivity contribution is 5.22. The number of terminal acetylenes is 1. The van der Waals surface area contributed by atoms with E-state index in [0.29, 0.717) is 0 Å². The van der Waals surface area contributed by atoms with Crippen LogP contribution < -0.4 is 0 Å². The van der Waals surface area contributed by atoms with Gasteiger partial charge in [-0.2, -0.15) is 0 Å². The molecule has 0 unspecified atom stereocenters. The largest absolute Gasteiger partial charge is 0.120 e. The first kappa shape index (κ1) is 10.8. The predicted molar refractivity (Wildman–Crippen MR) is 55.8 cm³/mol. The van der Waals surface area contributed by atoms with E-state index in [1.165, 1.54) is 11.1 Å². The van der Waals surface area contributed by atoms with E-state index in [9.17, 15) is 0 Å². The molecule has 0 radical (unpaired) electrons. The lowest BCUT2D eigenvalue weighted by molar-refractivity contribution is 1.00. The van der Waals surface area contributed by atoms with Crippen molar-refractivity contribution in [2.45, 2.75) is 26.7 Å². The molecular weight excluding hydrogens is 144 g/mol. The second kappa shape index (κ2) is 6.49. The maximum Gasteiger partial charge on any atom is 0.0123 e. The van der Waals surface area contributed by atoms with Crippen LogP contribution in [0.3, 0.4) is 0 Å². The van der Waals surface area contributed by atoms with Crippen molar-refractivity contribution >= 4 is 0 Å². The van der Waals surface area contributed by atoms with Crippen LogP contribution in [-0.2, 0) is 0 Å². The van der Waals surface area contributed by atoms with Gasteiger partial charge < -0.3 is 0 Å². The highest BCUT2D eigenvalue weighted by atomic mass is 13.9. The second-order valence-corrected chi connectivity index (χ2v) is 2.83. The molecule has 0 bridgehead atoms. The summed E-state index contributed by atoms with van der Waals surface area (Å²) in [5.41, 5.74) is 2.49. The SMILES string of the molecule is C#CCC/C(C)=C/C=C(/C)C=C. The van der Waals surface area contributed by atoms with Crippen molar-refractivity contribution in [1.29, 1.82) is 0 Å². The van der Waals surface area contributed by atoms with Gasteiger partial charge in [0.1, 0.15) is 0 Å². The van der Waals surface area contributed by atoms with Gasteiger partial charge in [-0.25, -0.2) is 0 Å². The summed E-state index contributed by atoms with van der Waals surface area (Å²) in [6.45, 7) is 7.78. The van der Waals surface area contributed by atoms with Crippen molar-refractivity contribution in [3.05, 3.63) is 36.0 Å². The summed E-state index contributed by atoms with van der Waals surface area (Å²) in [6.07, 6.45) is 12.9. The van der Waals surface area contributed by atoms with Crippen LogP contribution in [0.2, 0.25) is 0 Å². The van der Waals surface area contributed by atoms with Crippen molar-refractivity contribution in [2.24, 2.45) is 0 Å². The molecule has 0 aliphatic rings. The van der Waals surface area contributed by atoms with Gasteiger partial charge in [-0.05, 0) is 20.3 Å². The van der Waals surface area contributed by atoms with E-state index >= 15 is 0 Å². The van der Waals surface area contributed by atoms with Crippen molar-refractivity contribution < 1.29 is 0 Å². The van der Waals surface area contributed by atoms with Gasteiger partial charge in [0.2, 0.25) is 0 Å². The molecule has 0 saturated carbocycles. The minimum atomic E-state index is 0.823. The maximum absolute atomic E-state index is 5.15. The van der Waals surface area contributed by atoms with Crippen LogP contribution >= 0.6 is 0 Å². The monoisotopic (exact) mass is 160 g/mol. The fourth-order valence-corrected chi connectivity index (χ4v) is 0.694. The Balaban J connectivity index is 4.01. The van der Waals surface area contributed by atoms with Crippen molar-refractivity contribution in [2.75, 3.05) is 0 Å². The van der Waals surface area contributed by atoms with E-state index in [-0.39, 0.29) is 0 Å². The van der Waals surface area contributed by atoms with Crippen molar-refractivity contribution in [1.82, 2.24) is 0 Å². The highest BCUT2D eigenvalue weighted by Gasteiger charge is 1.85. The van der Waals surface area contributed by atoms with Gasteiger partial charge in [-0.15, -0.1) is 12.3 Å². The fraction of sp³-hybridized carbons (Fsp3) is 0.333. The first-order valence-corrected chi connectivity index (χ1v) is 4.10. The minimum Gasteiger partial charge on any atom is -0.120 e. The summed E-state index contributed by atoms with van der Waals surface area (Å²) in [6, 6.07) is 0. The van der Waals surface area contributed by atoms with E-state index in [0.717, 1.165) is 12.8 Å². The molecule has 0 N–H and O–H groups in total. The molecule has 0 fully saturated rings. The van der Waals surface area contributed by atoms with Crippen LogP contribution in [0, 0.1) is 12.3 Å². The van der Waals surface area contributed by atoms with Gasteiger partial charge in [0.05, 0.1) is 0 Å². The van der Waals surface area contributed by atoms with Crippen molar-refractivity contribution in [3.63, 3.8) is 0 Å². The number of allylic oxidation sites excluding steroid dienone is 5. The molecule has 0 saturated heterocycles. The molecule has 0 nitrogen and oxygen atoms in total. The van der Waals surface area contributed by atoms with Crippen LogP contribution in [0.5, 0.6) is 0 Å². The molecule has 0 aliphatic heterocycles. The van der Waals surface area contributed by atoms with Gasteiger partial charge >= 0.3 is 0 Å². The van der Waals surface area contributed by atoms with Gasteiger partial charge in [-0.3, -0.25) is 0 Å². The molecule has 0 aromatic heterocycles. The Morgan fingerprint density at radius 2 is 2.08 bits per heavy atom. The number of hydrogen-bond donors (Lipinski definition) is 0. The van der Waals surface area contributed by atoms with Crippen LogP contribution in [0.25, 0.3) is 0 Å². The third kappa shape index (κ3) is 5.56. The molecular formula is C12H16. The second-order valence-electron chi connectivity index (χ2n) is 2.83. The standard InChI is InChI=1S/C12H16/c1-5-7-8-12(4)10-9-11(3)6-2/h1,6,9-10H,2,7-8H2,3-4H3/b11-9-,12-10+. The molecule has 0 aliphatic carbocycles. The third-order valence-electron chi connectivity index (χ3n) is 1.62. The van der Waals surface area contributed by atoms with Crippen molar-refractivity contribution in [3.8, 4) is 12.3 Å². The lowest BCUT2D eigenvalue weighted by Crippen LogP contribution is -1.75.